The van der Waals surface area contributed by atoms with Gasteiger partial charge in [0.2, 0.25) is 15.9 Å². The number of carbonyl (C=O) groups is 2. The average molecular weight is 464 g/mol. The van der Waals surface area contributed by atoms with E-state index in [1.54, 1.807) is 19.9 Å². The summed E-state index contributed by atoms with van der Waals surface area (Å²) in [6.45, 7) is 3.69. The lowest BCUT2D eigenvalue weighted by Gasteiger charge is -2.22. The molecule has 0 bridgehead atoms. The summed E-state index contributed by atoms with van der Waals surface area (Å²) in [5, 5.41) is 11.0. The van der Waals surface area contributed by atoms with Crippen LogP contribution in [0.15, 0.2) is 34.5 Å². The lowest BCUT2D eigenvalue weighted by atomic mass is 10.0. The molecular formula is C17H19Cl2N3O4S2. The Labute approximate surface area is 177 Å². The number of primary sulfonamides is 1. The van der Waals surface area contributed by atoms with Gasteiger partial charge in [-0.15, -0.1) is 11.3 Å². The molecule has 1 aromatic carbocycles. The lowest BCUT2D eigenvalue weighted by Crippen LogP contribution is -2.49. The standard InChI is InChI=1S/C17H19Cl2N3O4S2/c1-9(2)15(22-16(23)12-5-3-10(18)7-13(12)19)17(24)21-8-11-4-6-14(27-11)28(20,25)26/h3-7,9,15H,8H2,1-2H3,(H,21,24)(H,22,23)(H2,20,25,26). The molecule has 7 nitrogen and oxygen atoms in total. The van der Waals surface area contributed by atoms with E-state index in [2.05, 4.69) is 10.6 Å². The van der Waals surface area contributed by atoms with Crippen molar-refractivity contribution in [3.63, 3.8) is 0 Å². The molecule has 0 aliphatic heterocycles. The summed E-state index contributed by atoms with van der Waals surface area (Å²) in [5.74, 6) is -1.10. The van der Waals surface area contributed by atoms with Crippen molar-refractivity contribution in [1.29, 1.82) is 0 Å². The second-order valence-electron chi connectivity index (χ2n) is 6.30. The Morgan fingerprint density at radius 3 is 2.39 bits per heavy atom. The Balaban J connectivity index is 2.05. The molecule has 1 aromatic heterocycles. The third kappa shape index (κ3) is 5.92. The van der Waals surface area contributed by atoms with Crippen LogP contribution < -0.4 is 15.8 Å². The molecule has 152 valence electrons. The fourth-order valence-electron chi connectivity index (χ4n) is 2.32. The fraction of sp³-hybridized carbons (Fsp3) is 0.294. The van der Waals surface area contributed by atoms with Crippen LogP contribution in [0.1, 0.15) is 29.1 Å². The van der Waals surface area contributed by atoms with Gasteiger partial charge in [0.05, 0.1) is 17.1 Å². The zero-order valence-corrected chi connectivity index (χ0v) is 18.2. The maximum absolute atomic E-state index is 12.5. The van der Waals surface area contributed by atoms with Crippen LogP contribution in [0.25, 0.3) is 0 Å². The number of benzene rings is 1. The van der Waals surface area contributed by atoms with Crippen molar-refractivity contribution in [2.75, 3.05) is 0 Å². The Kier molecular flexibility index (Phi) is 7.46. The van der Waals surface area contributed by atoms with Crippen molar-refractivity contribution < 1.29 is 18.0 Å². The molecular weight excluding hydrogens is 445 g/mol. The zero-order valence-electron chi connectivity index (χ0n) is 15.0. The predicted octanol–water partition coefficient (Wildman–Crippen LogP) is 2.77. The summed E-state index contributed by atoms with van der Waals surface area (Å²) in [6, 6.07) is 6.61. The van der Waals surface area contributed by atoms with Gasteiger partial charge in [0.1, 0.15) is 10.3 Å². The summed E-state index contributed by atoms with van der Waals surface area (Å²) >= 11 is 12.8. The molecule has 4 N–H and O–H groups in total. The van der Waals surface area contributed by atoms with Gasteiger partial charge in [0, 0.05) is 9.90 Å². The van der Waals surface area contributed by atoms with Gasteiger partial charge in [-0.25, -0.2) is 13.6 Å². The Morgan fingerprint density at radius 2 is 1.86 bits per heavy atom. The molecule has 0 saturated heterocycles. The van der Waals surface area contributed by atoms with Gasteiger partial charge in [0.15, 0.2) is 0 Å². The van der Waals surface area contributed by atoms with Gasteiger partial charge in [0.25, 0.3) is 5.91 Å². The lowest BCUT2D eigenvalue weighted by molar-refractivity contribution is -0.124. The second kappa shape index (κ2) is 9.23. The summed E-state index contributed by atoms with van der Waals surface area (Å²) < 4.78 is 22.7. The van der Waals surface area contributed by atoms with Crippen LogP contribution in [0.4, 0.5) is 0 Å². The SMILES string of the molecule is CC(C)C(NC(=O)c1ccc(Cl)cc1Cl)C(=O)NCc1ccc(S(N)(=O)=O)s1. The maximum Gasteiger partial charge on any atom is 0.253 e. The number of sulfonamides is 1. The number of amides is 2. The average Bonchev–Trinajstić information content (AvgIpc) is 3.06. The van der Waals surface area contributed by atoms with Crippen molar-refractivity contribution in [2.24, 2.45) is 11.1 Å². The molecule has 0 radical (unpaired) electrons. The highest BCUT2D eigenvalue weighted by Crippen LogP contribution is 2.22. The second-order valence-corrected chi connectivity index (χ2v) is 10.1. The number of hydrogen-bond acceptors (Lipinski definition) is 5. The molecule has 2 amide bonds. The molecule has 2 rings (SSSR count). The highest BCUT2D eigenvalue weighted by molar-refractivity contribution is 7.91. The number of rotatable bonds is 7. The zero-order chi connectivity index (χ0) is 21.1. The molecule has 1 heterocycles. The monoisotopic (exact) mass is 463 g/mol. The molecule has 1 unspecified atom stereocenters. The molecule has 28 heavy (non-hydrogen) atoms. The van der Waals surface area contributed by atoms with E-state index < -0.39 is 27.9 Å². The fourth-order valence-corrected chi connectivity index (χ4v) is 4.53. The third-order valence-corrected chi connectivity index (χ3v) is 6.84. The first-order valence-corrected chi connectivity index (χ1v) is 11.3. The number of hydrogen-bond donors (Lipinski definition) is 3. The Bertz CT molecular complexity index is 990. The molecule has 0 aliphatic rings. The van der Waals surface area contributed by atoms with E-state index in [-0.39, 0.29) is 27.3 Å². The molecule has 0 saturated carbocycles. The molecule has 0 aliphatic carbocycles. The van der Waals surface area contributed by atoms with E-state index in [4.69, 9.17) is 28.3 Å². The highest BCUT2D eigenvalue weighted by Gasteiger charge is 2.25. The van der Waals surface area contributed by atoms with E-state index in [1.807, 2.05) is 0 Å². The summed E-state index contributed by atoms with van der Waals surface area (Å²) in [5.41, 5.74) is 0.209. The first-order valence-electron chi connectivity index (χ1n) is 8.14. The minimum atomic E-state index is -3.78. The van der Waals surface area contributed by atoms with Gasteiger partial charge < -0.3 is 10.6 Å². The normalized spacial score (nSPS) is 12.6. The minimum absolute atomic E-state index is 0.0165. The largest absolute Gasteiger partial charge is 0.349 e. The minimum Gasteiger partial charge on any atom is -0.349 e. The number of halogens is 2. The van der Waals surface area contributed by atoms with Crippen LogP contribution in [0, 0.1) is 5.92 Å². The van der Waals surface area contributed by atoms with E-state index in [9.17, 15) is 18.0 Å². The summed E-state index contributed by atoms with van der Waals surface area (Å²) in [4.78, 5) is 25.7. The molecule has 2 aromatic rings. The van der Waals surface area contributed by atoms with Crippen LogP contribution in [0.3, 0.4) is 0 Å². The quantitative estimate of drug-likeness (QED) is 0.584. The molecule has 1 atom stereocenters. The molecule has 11 heteroatoms. The summed E-state index contributed by atoms with van der Waals surface area (Å²) in [6.07, 6.45) is 0. The van der Waals surface area contributed by atoms with Gasteiger partial charge in [-0.05, 0) is 36.2 Å². The van der Waals surface area contributed by atoms with Crippen LogP contribution in [0.2, 0.25) is 10.0 Å². The summed E-state index contributed by atoms with van der Waals surface area (Å²) in [7, 11) is -3.78. The van der Waals surface area contributed by atoms with Gasteiger partial charge in [-0.2, -0.15) is 0 Å². The van der Waals surface area contributed by atoms with Crippen LogP contribution in [0.5, 0.6) is 0 Å². The van der Waals surface area contributed by atoms with Crippen LogP contribution in [-0.4, -0.2) is 26.3 Å². The van der Waals surface area contributed by atoms with E-state index in [1.165, 1.54) is 24.3 Å². The Hall–Kier alpha value is -1.65. The van der Waals surface area contributed by atoms with E-state index in [0.717, 1.165) is 11.3 Å². The smallest absolute Gasteiger partial charge is 0.253 e. The van der Waals surface area contributed by atoms with Crippen molar-refractivity contribution in [2.45, 2.75) is 30.6 Å². The third-order valence-electron chi connectivity index (χ3n) is 3.77. The van der Waals surface area contributed by atoms with Gasteiger partial charge >= 0.3 is 0 Å². The Morgan fingerprint density at radius 1 is 1.18 bits per heavy atom. The van der Waals surface area contributed by atoms with Crippen molar-refractivity contribution in [3.8, 4) is 0 Å². The van der Waals surface area contributed by atoms with Crippen LogP contribution >= 0.6 is 34.5 Å². The van der Waals surface area contributed by atoms with Crippen molar-refractivity contribution in [1.82, 2.24) is 10.6 Å². The van der Waals surface area contributed by atoms with Crippen LogP contribution in [-0.2, 0) is 21.4 Å². The van der Waals surface area contributed by atoms with Crippen molar-refractivity contribution >= 4 is 56.4 Å². The number of nitrogens with two attached hydrogens (primary N) is 1. The predicted molar refractivity (Wildman–Crippen MR) is 110 cm³/mol. The van der Waals surface area contributed by atoms with E-state index >= 15 is 0 Å². The molecule has 0 spiro atoms. The maximum atomic E-state index is 12.5. The first kappa shape index (κ1) is 22.6. The highest BCUT2D eigenvalue weighted by atomic mass is 35.5. The number of nitrogens with one attached hydrogen (secondary N) is 2. The molecule has 0 fully saturated rings. The number of carbonyl (C=O) groups excluding carboxylic acids is 2. The van der Waals surface area contributed by atoms with Gasteiger partial charge in [-0.3, -0.25) is 9.59 Å². The van der Waals surface area contributed by atoms with E-state index in [0.29, 0.717) is 9.90 Å². The first-order chi connectivity index (χ1) is 13.0. The number of thiophene rings is 1. The van der Waals surface area contributed by atoms with Crippen molar-refractivity contribution in [3.05, 3.63) is 50.8 Å². The van der Waals surface area contributed by atoms with Gasteiger partial charge in [-0.1, -0.05) is 37.0 Å². The topological polar surface area (TPSA) is 118 Å².